The molecule has 0 fully saturated rings. The second-order valence-corrected chi connectivity index (χ2v) is 5.59. The number of rotatable bonds is 5. The highest BCUT2D eigenvalue weighted by Gasteiger charge is 2.21. The van der Waals surface area contributed by atoms with Gasteiger partial charge in [0.1, 0.15) is 11.7 Å². The number of nitrogens with one attached hydrogen (secondary N) is 1. The summed E-state index contributed by atoms with van der Waals surface area (Å²) < 4.78 is 37.6. The third-order valence-corrected chi connectivity index (χ3v) is 3.85. The Labute approximate surface area is 99.6 Å². The lowest BCUT2D eigenvalue weighted by Crippen LogP contribution is -2.39. The summed E-state index contributed by atoms with van der Waals surface area (Å²) in [7, 11) is -3.58. The second kappa shape index (κ2) is 5.13. The summed E-state index contributed by atoms with van der Waals surface area (Å²) in [6, 6.07) is 5.17. The van der Waals surface area contributed by atoms with Crippen molar-refractivity contribution in [3.05, 3.63) is 30.1 Å². The summed E-state index contributed by atoms with van der Waals surface area (Å²) in [4.78, 5) is 0. The van der Waals surface area contributed by atoms with Gasteiger partial charge in [-0.3, -0.25) is 9.71 Å². The maximum absolute atomic E-state index is 13.1. The lowest BCUT2D eigenvalue weighted by atomic mass is 10.3. The Morgan fingerprint density at radius 3 is 2.65 bits per heavy atom. The van der Waals surface area contributed by atoms with E-state index < -0.39 is 15.8 Å². The maximum Gasteiger partial charge on any atom is 0.235 e. The van der Waals surface area contributed by atoms with E-state index in [0.29, 0.717) is 0 Å². The summed E-state index contributed by atoms with van der Waals surface area (Å²) in [5, 5.41) is 7.16. The van der Waals surface area contributed by atoms with Crippen molar-refractivity contribution in [1.29, 1.82) is 5.41 Å². The first-order chi connectivity index (χ1) is 7.86. The Kier molecular flexibility index (Phi) is 4.06. The van der Waals surface area contributed by atoms with Gasteiger partial charge in [0, 0.05) is 0 Å². The number of amidine groups is 1. The molecule has 17 heavy (non-hydrogen) atoms. The zero-order chi connectivity index (χ0) is 13.1. The number of anilines is 1. The summed E-state index contributed by atoms with van der Waals surface area (Å²) >= 11 is 0. The average molecular weight is 259 g/mol. The molecule has 0 heterocycles. The Balaban J connectivity index is 3.20. The maximum atomic E-state index is 13.1. The number of sulfonamides is 1. The van der Waals surface area contributed by atoms with Crippen molar-refractivity contribution in [2.75, 3.05) is 16.6 Å². The molecule has 1 aromatic rings. The predicted octanol–water partition coefficient (Wildman–Crippen LogP) is 0.918. The number of hydrogen-bond acceptors (Lipinski definition) is 3. The van der Waals surface area contributed by atoms with Gasteiger partial charge in [0.25, 0.3) is 0 Å². The van der Waals surface area contributed by atoms with Crippen LogP contribution in [-0.2, 0) is 10.0 Å². The fourth-order valence-corrected chi connectivity index (χ4v) is 2.37. The van der Waals surface area contributed by atoms with Gasteiger partial charge in [-0.15, -0.1) is 0 Å². The van der Waals surface area contributed by atoms with Gasteiger partial charge in [0.2, 0.25) is 10.0 Å². The van der Waals surface area contributed by atoms with E-state index in [9.17, 15) is 12.8 Å². The van der Waals surface area contributed by atoms with Gasteiger partial charge < -0.3 is 5.73 Å². The normalized spacial score (nSPS) is 11.2. The van der Waals surface area contributed by atoms with E-state index in [2.05, 4.69) is 0 Å². The number of hydrogen-bond donors (Lipinski definition) is 2. The Bertz CT molecular complexity index is 516. The minimum Gasteiger partial charge on any atom is -0.386 e. The Morgan fingerprint density at radius 2 is 2.18 bits per heavy atom. The van der Waals surface area contributed by atoms with Crippen LogP contribution >= 0.6 is 0 Å². The highest BCUT2D eigenvalue weighted by Crippen LogP contribution is 2.19. The van der Waals surface area contributed by atoms with Crippen LogP contribution in [0.25, 0.3) is 0 Å². The summed E-state index contributed by atoms with van der Waals surface area (Å²) in [5.41, 5.74) is 5.37. The third kappa shape index (κ3) is 3.42. The highest BCUT2D eigenvalue weighted by atomic mass is 32.2. The first-order valence-corrected chi connectivity index (χ1v) is 6.56. The number of halogens is 1. The van der Waals surface area contributed by atoms with Crippen LogP contribution in [0.3, 0.4) is 0 Å². The molecule has 0 saturated heterocycles. The van der Waals surface area contributed by atoms with Crippen LogP contribution in [-0.4, -0.2) is 26.6 Å². The smallest absolute Gasteiger partial charge is 0.235 e. The van der Waals surface area contributed by atoms with Gasteiger partial charge >= 0.3 is 0 Å². The van der Waals surface area contributed by atoms with Crippen LogP contribution in [0.2, 0.25) is 0 Å². The van der Waals surface area contributed by atoms with Crippen molar-refractivity contribution in [2.45, 2.75) is 6.92 Å². The molecule has 0 atom stereocenters. The molecule has 0 amide bonds. The molecule has 0 aromatic heterocycles. The quantitative estimate of drug-likeness (QED) is 0.609. The standard InChI is InChI=1S/C10H14FN3O2S/c1-2-17(15,16)14(7-10(12)13)9-5-3-4-8(11)6-9/h3-6H,2,7H2,1H3,(H3,12,13). The van der Waals surface area contributed by atoms with E-state index >= 15 is 0 Å². The molecule has 0 spiro atoms. The molecule has 0 saturated carbocycles. The molecule has 0 aliphatic heterocycles. The monoisotopic (exact) mass is 259 g/mol. The molecule has 3 N–H and O–H groups in total. The van der Waals surface area contributed by atoms with E-state index in [1.165, 1.54) is 25.1 Å². The van der Waals surface area contributed by atoms with Crippen molar-refractivity contribution in [3.63, 3.8) is 0 Å². The van der Waals surface area contributed by atoms with Gasteiger partial charge in [0.15, 0.2) is 0 Å². The molecular formula is C10H14FN3O2S. The molecular weight excluding hydrogens is 245 g/mol. The minimum atomic E-state index is -3.58. The lowest BCUT2D eigenvalue weighted by molar-refractivity contribution is 0.594. The summed E-state index contributed by atoms with van der Waals surface area (Å²) in [6.45, 7) is 1.20. The number of benzene rings is 1. The molecule has 0 radical (unpaired) electrons. The lowest BCUT2D eigenvalue weighted by Gasteiger charge is -2.23. The molecule has 5 nitrogen and oxygen atoms in total. The first kappa shape index (κ1) is 13.4. The van der Waals surface area contributed by atoms with E-state index in [1.807, 2.05) is 0 Å². The van der Waals surface area contributed by atoms with Crippen molar-refractivity contribution < 1.29 is 12.8 Å². The average Bonchev–Trinajstić information content (AvgIpc) is 2.25. The topological polar surface area (TPSA) is 87.2 Å². The number of nitrogens with zero attached hydrogens (tertiary/aromatic N) is 1. The highest BCUT2D eigenvalue weighted by molar-refractivity contribution is 7.92. The van der Waals surface area contributed by atoms with Gasteiger partial charge in [0.05, 0.1) is 18.0 Å². The molecule has 1 rings (SSSR count). The van der Waals surface area contributed by atoms with E-state index in [-0.39, 0.29) is 23.8 Å². The van der Waals surface area contributed by atoms with Crippen LogP contribution in [0.4, 0.5) is 10.1 Å². The molecule has 94 valence electrons. The Morgan fingerprint density at radius 1 is 1.53 bits per heavy atom. The van der Waals surface area contributed by atoms with Crippen LogP contribution < -0.4 is 10.0 Å². The van der Waals surface area contributed by atoms with Crippen LogP contribution in [0.1, 0.15) is 6.92 Å². The SMILES string of the molecule is CCS(=O)(=O)N(CC(=N)N)c1cccc(F)c1. The summed E-state index contributed by atoms with van der Waals surface area (Å²) in [5.74, 6) is -0.981. The van der Waals surface area contributed by atoms with Crippen LogP contribution in [0.5, 0.6) is 0 Å². The molecule has 0 unspecified atom stereocenters. The molecule has 1 aromatic carbocycles. The summed E-state index contributed by atoms with van der Waals surface area (Å²) in [6.07, 6.45) is 0. The van der Waals surface area contributed by atoms with E-state index in [1.54, 1.807) is 0 Å². The second-order valence-electron chi connectivity index (χ2n) is 3.41. The third-order valence-electron chi connectivity index (χ3n) is 2.11. The van der Waals surface area contributed by atoms with Gasteiger partial charge in [-0.2, -0.15) is 0 Å². The fourth-order valence-electron chi connectivity index (χ4n) is 1.29. The largest absolute Gasteiger partial charge is 0.386 e. The van der Waals surface area contributed by atoms with Gasteiger partial charge in [-0.25, -0.2) is 12.8 Å². The first-order valence-electron chi connectivity index (χ1n) is 4.95. The molecule has 7 heteroatoms. The molecule has 0 aliphatic carbocycles. The molecule has 0 aliphatic rings. The zero-order valence-corrected chi connectivity index (χ0v) is 10.2. The van der Waals surface area contributed by atoms with Gasteiger partial charge in [-0.05, 0) is 25.1 Å². The van der Waals surface area contributed by atoms with Crippen LogP contribution in [0, 0.1) is 11.2 Å². The predicted molar refractivity (Wildman–Crippen MR) is 65.1 cm³/mol. The van der Waals surface area contributed by atoms with Crippen molar-refractivity contribution in [2.24, 2.45) is 5.73 Å². The van der Waals surface area contributed by atoms with Crippen molar-refractivity contribution >= 4 is 21.5 Å². The fraction of sp³-hybridized carbons (Fsp3) is 0.300. The van der Waals surface area contributed by atoms with Gasteiger partial charge in [-0.1, -0.05) is 6.07 Å². The molecule has 0 bridgehead atoms. The zero-order valence-electron chi connectivity index (χ0n) is 9.35. The number of nitrogens with two attached hydrogens (primary N) is 1. The van der Waals surface area contributed by atoms with E-state index in [4.69, 9.17) is 11.1 Å². The van der Waals surface area contributed by atoms with Crippen molar-refractivity contribution in [3.8, 4) is 0 Å². The van der Waals surface area contributed by atoms with E-state index in [0.717, 1.165) is 10.4 Å². The van der Waals surface area contributed by atoms with Crippen LogP contribution in [0.15, 0.2) is 24.3 Å². The van der Waals surface area contributed by atoms with Crippen molar-refractivity contribution in [1.82, 2.24) is 0 Å². The Hall–Kier alpha value is -1.63. The minimum absolute atomic E-state index is 0.142.